The first-order valence-corrected chi connectivity index (χ1v) is 5.04. The van der Waals surface area contributed by atoms with Gasteiger partial charge in [0, 0.05) is 13.8 Å². The van der Waals surface area contributed by atoms with Crippen LogP contribution in [0, 0.1) is 6.92 Å². The molecule has 0 heterocycles. The fourth-order valence-corrected chi connectivity index (χ4v) is 1.32. The zero-order valence-electron chi connectivity index (χ0n) is 9.89. The molecule has 0 saturated heterocycles. The van der Waals surface area contributed by atoms with Gasteiger partial charge in [0.05, 0.1) is 5.56 Å². The number of hydrogen-bond acceptors (Lipinski definition) is 5. The van der Waals surface area contributed by atoms with Crippen LogP contribution in [0.15, 0.2) is 18.2 Å². The predicted molar refractivity (Wildman–Crippen MR) is 59.1 cm³/mol. The van der Waals surface area contributed by atoms with E-state index in [1.807, 2.05) is 6.92 Å². The highest BCUT2D eigenvalue weighted by Crippen LogP contribution is 2.29. The average molecular weight is 238 g/mol. The minimum atomic E-state index is -1.22. The van der Waals surface area contributed by atoms with Crippen molar-refractivity contribution >= 4 is 11.9 Å². The number of ether oxygens (including phenoxy) is 2. The summed E-state index contributed by atoms with van der Waals surface area (Å²) in [7, 11) is 0. The molecule has 0 aliphatic rings. The van der Waals surface area contributed by atoms with Crippen molar-refractivity contribution in [3.63, 3.8) is 0 Å². The van der Waals surface area contributed by atoms with Crippen molar-refractivity contribution in [2.75, 3.05) is 0 Å². The lowest BCUT2D eigenvalue weighted by atomic mass is 10.1. The van der Waals surface area contributed by atoms with Gasteiger partial charge in [0.1, 0.15) is 5.75 Å². The van der Waals surface area contributed by atoms with Crippen LogP contribution in [0.2, 0.25) is 0 Å². The first-order chi connectivity index (χ1) is 7.90. The van der Waals surface area contributed by atoms with Crippen LogP contribution >= 0.6 is 0 Å². The number of phenols is 1. The van der Waals surface area contributed by atoms with Crippen molar-refractivity contribution < 1.29 is 24.2 Å². The molecule has 0 aliphatic heterocycles. The second-order valence-electron chi connectivity index (χ2n) is 3.61. The molecule has 1 N–H and O–H groups in total. The Morgan fingerprint density at radius 3 is 2.18 bits per heavy atom. The smallest absolute Gasteiger partial charge is 0.305 e. The lowest BCUT2D eigenvalue weighted by Crippen LogP contribution is -2.15. The van der Waals surface area contributed by atoms with Crippen LogP contribution in [0.4, 0.5) is 0 Å². The molecular formula is C12H14O5. The van der Waals surface area contributed by atoms with Crippen molar-refractivity contribution in [3.05, 3.63) is 29.3 Å². The predicted octanol–water partition coefficient (Wildman–Crippen LogP) is 1.83. The van der Waals surface area contributed by atoms with E-state index in [9.17, 15) is 14.7 Å². The molecule has 1 aromatic rings. The van der Waals surface area contributed by atoms with E-state index >= 15 is 0 Å². The number of esters is 2. The largest absolute Gasteiger partial charge is 0.507 e. The Labute approximate surface area is 99.0 Å². The number of benzene rings is 1. The fourth-order valence-electron chi connectivity index (χ4n) is 1.32. The summed E-state index contributed by atoms with van der Waals surface area (Å²) in [6, 6.07) is 4.73. The zero-order chi connectivity index (χ0) is 13.0. The molecule has 0 saturated carbocycles. The molecule has 0 aliphatic carbocycles. The van der Waals surface area contributed by atoms with Crippen LogP contribution in [-0.2, 0) is 19.1 Å². The molecule has 0 bridgehead atoms. The first kappa shape index (κ1) is 13.0. The summed E-state index contributed by atoms with van der Waals surface area (Å²) in [6.07, 6.45) is -1.22. The van der Waals surface area contributed by atoms with Gasteiger partial charge in [-0.2, -0.15) is 0 Å². The number of phenolic OH excluding ortho intramolecular Hbond substituents is 1. The van der Waals surface area contributed by atoms with E-state index in [4.69, 9.17) is 9.47 Å². The van der Waals surface area contributed by atoms with Gasteiger partial charge in [-0.3, -0.25) is 9.59 Å². The van der Waals surface area contributed by atoms with E-state index in [2.05, 4.69) is 0 Å². The highest BCUT2D eigenvalue weighted by Gasteiger charge is 2.21. The van der Waals surface area contributed by atoms with E-state index in [1.54, 1.807) is 12.1 Å². The third-order valence-electron chi connectivity index (χ3n) is 1.98. The van der Waals surface area contributed by atoms with Gasteiger partial charge >= 0.3 is 11.9 Å². The third-order valence-corrected chi connectivity index (χ3v) is 1.98. The lowest BCUT2D eigenvalue weighted by Gasteiger charge is -2.18. The standard InChI is InChI=1S/C12H14O5/c1-7-4-5-11(15)10(6-7)12(16-8(2)13)17-9(3)14/h4-6,12,15H,1-3H3. The second-order valence-corrected chi connectivity index (χ2v) is 3.61. The molecule has 0 fully saturated rings. The van der Waals surface area contributed by atoms with Crippen LogP contribution in [-0.4, -0.2) is 17.0 Å². The molecule has 0 atom stereocenters. The molecule has 1 aromatic carbocycles. The number of hydrogen-bond donors (Lipinski definition) is 1. The number of aromatic hydroxyl groups is 1. The van der Waals surface area contributed by atoms with Gasteiger partial charge in [0.2, 0.25) is 0 Å². The molecule has 5 heteroatoms. The maximum Gasteiger partial charge on any atom is 0.305 e. The Morgan fingerprint density at radius 1 is 1.18 bits per heavy atom. The number of carbonyl (C=O) groups is 2. The van der Waals surface area contributed by atoms with Gasteiger partial charge in [-0.05, 0) is 19.1 Å². The average Bonchev–Trinajstić information content (AvgIpc) is 2.19. The summed E-state index contributed by atoms with van der Waals surface area (Å²) in [5, 5.41) is 9.65. The molecule has 92 valence electrons. The molecule has 17 heavy (non-hydrogen) atoms. The van der Waals surface area contributed by atoms with Crippen molar-refractivity contribution in [1.29, 1.82) is 0 Å². The molecule has 5 nitrogen and oxygen atoms in total. The maximum absolute atomic E-state index is 10.9. The number of carbonyl (C=O) groups excluding carboxylic acids is 2. The van der Waals surface area contributed by atoms with Crippen molar-refractivity contribution in [2.24, 2.45) is 0 Å². The van der Waals surface area contributed by atoms with Gasteiger partial charge in [0.15, 0.2) is 0 Å². The highest BCUT2D eigenvalue weighted by atomic mass is 16.7. The third kappa shape index (κ3) is 3.79. The lowest BCUT2D eigenvalue weighted by molar-refractivity contribution is -0.186. The van der Waals surface area contributed by atoms with Gasteiger partial charge in [-0.1, -0.05) is 11.6 Å². The maximum atomic E-state index is 10.9. The summed E-state index contributed by atoms with van der Waals surface area (Å²) in [5.41, 5.74) is 1.09. The van der Waals surface area contributed by atoms with Crippen molar-refractivity contribution in [2.45, 2.75) is 27.1 Å². The van der Waals surface area contributed by atoms with E-state index < -0.39 is 18.2 Å². The summed E-state index contributed by atoms with van der Waals surface area (Å²) in [6.45, 7) is 4.20. The van der Waals surface area contributed by atoms with E-state index in [0.717, 1.165) is 5.56 Å². The Balaban J connectivity index is 3.06. The Morgan fingerprint density at radius 2 is 1.71 bits per heavy atom. The highest BCUT2D eigenvalue weighted by molar-refractivity contribution is 5.68. The van der Waals surface area contributed by atoms with Crippen LogP contribution < -0.4 is 0 Å². The van der Waals surface area contributed by atoms with Crippen molar-refractivity contribution in [1.82, 2.24) is 0 Å². The Hall–Kier alpha value is -2.04. The molecular weight excluding hydrogens is 224 g/mol. The van der Waals surface area contributed by atoms with Gasteiger partial charge < -0.3 is 14.6 Å². The first-order valence-electron chi connectivity index (χ1n) is 5.04. The minimum absolute atomic E-state index is 0.0944. The fraction of sp³-hybridized carbons (Fsp3) is 0.333. The SMILES string of the molecule is CC(=O)OC(OC(C)=O)c1cc(C)ccc1O. The summed E-state index contributed by atoms with van der Waals surface area (Å²) in [5.74, 6) is -1.29. The Bertz CT molecular complexity index is 423. The van der Waals surface area contributed by atoms with Crippen LogP contribution in [0.25, 0.3) is 0 Å². The monoisotopic (exact) mass is 238 g/mol. The van der Waals surface area contributed by atoms with E-state index in [1.165, 1.54) is 19.9 Å². The summed E-state index contributed by atoms with van der Waals surface area (Å²) < 4.78 is 9.68. The van der Waals surface area contributed by atoms with E-state index in [0.29, 0.717) is 0 Å². The van der Waals surface area contributed by atoms with Gasteiger partial charge in [0.25, 0.3) is 6.29 Å². The number of rotatable bonds is 3. The molecule has 0 radical (unpaired) electrons. The summed E-state index contributed by atoms with van der Waals surface area (Å²) >= 11 is 0. The second kappa shape index (κ2) is 5.34. The van der Waals surface area contributed by atoms with Crippen LogP contribution in [0.1, 0.15) is 31.3 Å². The molecule has 0 amide bonds. The van der Waals surface area contributed by atoms with Crippen LogP contribution in [0.5, 0.6) is 5.75 Å². The molecule has 0 aromatic heterocycles. The molecule has 1 rings (SSSR count). The zero-order valence-corrected chi connectivity index (χ0v) is 9.89. The Kier molecular flexibility index (Phi) is 4.09. The van der Waals surface area contributed by atoms with E-state index in [-0.39, 0.29) is 11.3 Å². The summed E-state index contributed by atoms with van der Waals surface area (Å²) in [4.78, 5) is 21.8. The normalized spacial score (nSPS) is 10.1. The topological polar surface area (TPSA) is 72.8 Å². The van der Waals surface area contributed by atoms with Crippen LogP contribution in [0.3, 0.4) is 0 Å². The van der Waals surface area contributed by atoms with Crippen molar-refractivity contribution in [3.8, 4) is 5.75 Å². The molecule has 0 unspecified atom stereocenters. The number of aryl methyl sites for hydroxylation is 1. The minimum Gasteiger partial charge on any atom is -0.507 e. The van der Waals surface area contributed by atoms with Gasteiger partial charge in [-0.15, -0.1) is 0 Å². The van der Waals surface area contributed by atoms with Gasteiger partial charge in [-0.25, -0.2) is 0 Å². The molecule has 0 spiro atoms. The quantitative estimate of drug-likeness (QED) is 0.642.